The van der Waals surface area contributed by atoms with E-state index in [1.165, 1.54) is 24.3 Å². The van der Waals surface area contributed by atoms with Gasteiger partial charge < -0.3 is 4.57 Å². The van der Waals surface area contributed by atoms with Gasteiger partial charge in [0, 0.05) is 33.0 Å². The van der Waals surface area contributed by atoms with Gasteiger partial charge in [-0.15, -0.1) is 0 Å². The first-order valence-corrected chi connectivity index (χ1v) is 18.6. The molecule has 0 saturated carbocycles. The molecule has 0 saturated heterocycles. The van der Waals surface area contributed by atoms with Crippen LogP contribution in [0.3, 0.4) is 0 Å². The Kier molecular flexibility index (Phi) is 9.49. The summed E-state index contributed by atoms with van der Waals surface area (Å²) in [5.41, 5.74) is -0.511. The predicted molar refractivity (Wildman–Crippen MR) is 216 cm³/mol. The Morgan fingerprint density at radius 1 is 0.328 bits per heavy atom. The zero-order valence-electron chi connectivity index (χ0n) is 31.3. The van der Waals surface area contributed by atoms with Crippen LogP contribution in [-0.2, 0) is 18.5 Å². The van der Waals surface area contributed by atoms with E-state index in [1.807, 2.05) is 60.7 Å². The molecule has 0 fully saturated rings. The Hall–Kier alpha value is -7.28. The first kappa shape index (κ1) is 39.2. The second kappa shape index (κ2) is 14.8. The van der Waals surface area contributed by atoms with Crippen LogP contribution in [0.25, 0.3) is 83.9 Å². The molecule has 0 aliphatic heterocycles. The quantitative estimate of drug-likeness (QED) is 0.157. The number of benzene rings is 7. The van der Waals surface area contributed by atoms with Crippen molar-refractivity contribution in [3.63, 3.8) is 0 Å². The molecule has 0 aliphatic carbocycles. The number of aromatic nitrogens is 4. The molecule has 0 N–H and O–H groups in total. The fraction of sp³-hybridized carbons (Fsp3) is 0.0625. The van der Waals surface area contributed by atoms with E-state index in [-0.39, 0.29) is 28.6 Å². The van der Waals surface area contributed by atoms with Gasteiger partial charge in [-0.1, -0.05) is 115 Å². The highest BCUT2D eigenvalue weighted by Gasteiger charge is 2.37. The third-order valence-corrected chi connectivity index (χ3v) is 10.3. The summed E-state index contributed by atoms with van der Waals surface area (Å²) in [4.78, 5) is 14.4. The van der Waals surface area contributed by atoms with Crippen LogP contribution >= 0.6 is 0 Å². The number of nitrogens with zero attached hydrogens (tertiary/aromatic N) is 4. The molecular formula is C48H27F9N4. The lowest BCUT2D eigenvalue weighted by Crippen LogP contribution is -2.11. The Labute approximate surface area is 341 Å². The third kappa shape index (κ3) is 7.58. The van der Waals surface area contributed by atoms with Gasteiger partial charge in [-0.25, -0.2) is 15.0 Å². The molecule has 7 aromatic carbocycles. The number of hydrogen-bond donors (Lipinski definition) is 0. The van der Waals surface area contributed by atoms with E-state index in [0.717, 1.165) is 12.1 Å². The maximum Gasteiger partial charge on any atom is 0.416 e. The van der Waals surface area contributed by atoms with E-state index < -0.39 is 35.2 Å². The lowest BCUT2D eigenvalue weighted by molar-refractivity contribution is -0.143. The highest BCUT2D eigenvalue weighted by Crippen LogP contribution is 2.43. The highest BCUT2D eigenvalue weighted by molar-refractivity contribution is 6.11. The molecular weight excluding hydrogens is 804 g/mol. The van der Waals surface area contributed by atoms with Gasteiger partial charge in [-0.05, 0) is 65.2 Å². The minimum atomic E-state index is -5.08. The third-order valence-electron chi connectivity index (χ3n) is 10.3. The summed E-state index contributed by atoms with van der Waals surface area (Å²) in [6, 6.07) is 41.2. The van der Waals surface area contributed by atoms with Crippen LogP contribution in [0.1, 0.15) is 16.7 Å². The Bertz CT molecular complexity index is 3010. The number of rotatable bonds is 6. The van der Waals surface area contributed by atoms with E-state index in [1.54, 1.807) is 53.1 Å². The molecule has 61 heavy (non-hydrogen) atoms. The van der Waals surface area contributed by atoms with Crippen molar-refractivity contribution < 1.29 is 39.5 Å². The highest BCUT2D eigenvalue weighted by atomic mass is 19.4. The van der Waals surface area contributed by atoms with Crippen LogP contribution in [0, 0.1) is 0 Å². The molecule has 0 amide bonds. The number of para-hydroxylation sites is 1. The average Bonchev–Trinajstić information content (AvgIpc) is 3.59. The van der Waals surface area contributed by atoms with E-state index in [0.29, 0.717) is 73.5 Å². The summed E-state index contributed by atoms with van der Waals surface area (Å²) in [5.74, 6) is 0.942. The zero-order valence-corrected chi connectivity index (χ0v) is 31.3. The van der Waals surface area contributed by atoms with Crippen molar-refractivity contribution in [3.05, 3.63) is 180 Å². The first-order valence-electron chi connectivity index (χ1n) is 18.6. The maximum absolute atomic E-state index is 14.2. The zero-order chi connectivity index (χ0) is 42.7. The standard InChI is InChI=1S/C48H27F9N4/c49-46(50,51)34-15-9-14-31(22-34)37-20-19-32(45-59-43(28-10-3-1-4-11-28)58-44(60-45)29-12-5-2-6-13-29)26-41(37)61-40-17-8-7-16-38(40)39-21-18-30(25-42(39)61)33-23-35(47(52,53)54)27-36(24-33)48(55,56)57/h1-27H. The predicted octanol–water partition coefficient (Wildman–Crippen LogP) is 14.4. The van der Waals surface area contributed by atoms with Crippen LogP contribution in [0.4, 0.5) is 39.5 Å². The first-order chi connectivity index (χ1) is 29.1. The molecule has 9 aromatic rings. The summed E-state index contributed by atoms with van der Waals surface area (Å²) in [6.45, 7) is 0. The van der Waals surface area contributed by atoms with E-state index in [4.69, 9.17) is 15.0 Å². The van der Waals surface area contributed by atoms with E-state index in [9.17, 15) is 39.5 Å². The topological polar surface area (TPSA) is 43.6 Å². The SMILES string of the molecule is FC(F)(F)c1cccc(-c2ccc(-c3nc(-c4ccccc4)nc(-c4ccccc4)n3)cc2-n2c3ccccc3c3ccc(-c4cc(C(F)(F)F)cc(C(F)(F)F)c4)cc32)c1. The van der Waals surface area contributed by atoms with Gasteiger partial charge in [0.2, 0.25) is 0 Å². The minimum absolute atomic E-state index is 0.0439. The van der Waals surface area contributed by atoms with Gasteiger partial charge in [0.25, 0.3) is 0 Å². The van der Waals surface area contributed by atoms with Crippen molar-refractivity contribution in [2.45, 2.75) is 18.5 Å². The maximum atomic E-state index is 14.2. The molecule has 0 radical (unpaired) electrons. The van der Waals surface area contributed by atoms with E-state index >= 15 is 0 Å². The summed E-state index contributed by atoms with van der Waals surface area (Å²) in [6.07, 6.45) is -14.8. The van der Waals surface area contributed by atoms with Crippen LogP contribution < -0.4 is 0 Å². The van der Waals surface area contributed by atoms with Crippen LogP contribution in [0.15, 0.2) is 164 Å². The van der Waals surface area contributed by atoms with Crippen LogP contribution in [0.5, 0.6) is 0 Å². The fourth-order valence-electron chi connectivity index (χ4n) is 7.43. The number of halogens is 9. The lowest BCUT2D eigenvalue weighted by atomic mass is 9.97. The molecule has 9 rings (SSSR count). The molecule has 13 heteroatoms. The largest absolute Gasteiger partial charge is 0.416 e. The van der Waals surface area contributed by atoms with Crippen LogP contribution in [0.2, 0.25) is 0 Å². The molecule has 0 atom stereocenters. The summed E-state index contributed by atoms with van der Waals surface area (Å²) in [7, 11) is 0. The number of alkyl halides is 9. The van der Waals surface area contributed by atoms with Gasteiger partial charge >= 0.3 is 18.5 Å². The molecule has 0 bridgehead atoms. The Morgan fingerprint density at radius 2 is 0.820 bits per heavy atom. The lowest BCUT2D eigenvalue weighted by Gasteiger charge is -2.18. The summed E-state index contributed by atoms with van der Waals surface area (Å²) in [5, 5.41) is 1.25. The van der Waals surface area contributed by atoms with Crippen molar-refractivity contribution in [2.24, 2.45) is 0 Å². The normalized spacial score (nSPS) is 12.3. The molecule has 4 nitrogen and oxygen atoms in total. The Morgan fingerprint density at radius 3 is 1.41 bits per heavy atom. The molecule has 302 valence electrons. The van der Waals surface area contributed by atoms with Crippen molar-refractivity contribution >= 4 is 21.8 Å². The molecule has 0 aliphatic rings. The van der Waals surface area contributed by atoms with Crippen molar-refractivity contribution in [3.8, 4) is 62.1 Å². The Balaban J connectivity index is 1.34. The number of hydrogen-bond acceptors (Lipinski definition) is 3. The molecule has 0 unspecified atom stereocenters. The summed E-state index contributed by atoms with van der Waals surface area (Å²) < 4.78 is 128. The monoisotopic (exact) mass is 830 g/mol. The second-order valence-corrected chi connectivity index (χ2v) is 14.2. The molecule has 0 spiro atoms. The van der Waals surface area contributed by atoms with Gasteiger partial charge in [-0.2, -0.15) is 39.5 Å². The van der Waals surface area contributed by atoms with Gasteiger partial charge in [0.15, 0.2) is 17.5 Å². The van der Waals surface area contributed by atoms with Crippen LogP contribution in [-0.4, -0.2) is 19.5 Å². The van der Waals surface area contributed by atoms with Gasteiger partial charge in [-0.3, -0.25) is 0 Å². The summed E-state index contributed by atoms with van der Waals surface area (Å²) >= 11 is 0. The second-order valence-electron chi connectivity index (χ2n) is 14.2. The number of fused-ring (bicyclic) bond motifs is 3. The smallest absolute Gasteiger partial charge is 0.309 e. The average molecular weight is 831 g/mol. The van der Waals surface area contributed by atoms with Gasteiger partial charge in [0.05, 0.1) is 33.4 Å². The fourth-order valence-corrected chi connectivity index (χ4v) is 7.43. The molecule has 2 heterocycles. The minimum Gasteiger partial charge on any atom is -0.309 e. The van der Waals surface area contributed by atoms with Crippen molar-refractivity contribution in [1.82, 2.24) is 19.5 Å². The van der Waals surface area contributed by atoms with E-state index in [2.05, 4.69) is 0 Å². The van der Waals surface area contributed by atoms with Gasteiger partial charge in [0.1, 0.15) is 0 Å². The van der Waals surface area contributed by atoms with Crippen molar-refractivity contribution in [2.75, 3.05) is 0 Å². The molecule has 2 aromatic heterocycles. The van der Waals surface area contributed by atoms with Crippen molar-refractivity contribution in [1.29, 1.82) is 0 Å².